The second kappa shape index (κ2) is 14.4. The number of hydrogen-bond donors (Lipinski definition) is 1. The summed E-state index contributed by atoms with van der Waals surface area (Å²) >= 11 is 11.0. The van der Waals surface area contributed by atoms with Crippen LogP contribution in [0.25, 0.3) is 0 Å². The molecule has 2 aliphatic rings. The van der Waals surface area contributed by atoms with E-state index in [1.165, 1.54) is 28.0 Å². The van der Waals surface area contributed by atoms with Gasteiger partial charge in [-0.15, -0.1) is 22.0 Å². The molecule has 1 saturated heterocycles. The topological polar surface area (TPSA) is 123 Å². The highest BCUT2D eigenvalue weighted by Crippen LogP contribution is 2.43. The van der Waals surface area contributed by atoms with Crippen LogP contribution in [0.3, 0.4) is 0 Å². The number of β-lactam (4-membered cyclic amide) rings is 1. The maximum Gasteiger partial charge on any atom is 0.341 e. The number of carbonyl (C=O) groups is 3. The zero-order valence-electron chi connectivity index (χ0n) is 25.8. The van der Waals surface area contributed by atoms with Crippen molar-refractivity contribution >= 4 is 94.3 Å². The molecule has 3 unspecified atom stereocenters. The second-order valence-corrected chi connectivity index (χ2v) is 30.4. The first-order valence-corrected chi connectivity index (χ1v) is 27.5. The zero-order chi connectivity index (χ0) is 31.5. The normalized spacial score (nSPS) is 20.7. The summed E-state index contributed by atoms with van der Waals surface area (Å²) in [5.74, 6) is 0.154. The van der Waals surface area contributed by atoms with Gasteiger partial charge in [0.2, 0.25) is 16.6 Å². The lowest BCUT2D eigenvalue weighted by Crippen LogP contribution is -2.64. The Labute approximate surface area is 269 Å². The van der Waals surface area contributed by atoms with Gasteiger partial charge >= 0.3 is 11.9 Å². The Balaban J connectivity index is 1.69. The van der Waals surface area contributed by atoms with Gasteiger partial charge in [0.1, 0.15) is 30.0 Å². The van der Waals surface area contributed by atoms with Crippen LogP contribution in [0.15, 0.2) is 26.1 Å². The lowest BCUT2D eigenvalue weighted by Gasteiger charge is -2.48. The number of nitrogens with one attached hydrogen (secondary N) is 1. The van der Waals surface area contributed by atoms with Crippen LogP contribution < -0.4 is 4.98 Å². The van der Waals surface area contributed by atoms with Gasteiger partial charge in [-0.1, -0.05) is 54.3 Å². The quantitative estimate of drug-likeness (QED) is 0.114. The molecule has 42 heavy (non-hydrogen) atoms. The summed E-state index contributed by atoms with van der Waals surface area (Å²) in [6, 6.07) is -1.06. The zero-order valence-corrected chi connectivity index (χ0v) is 32.0. The second-order valence-electron chi connectivity index (χ2n) is 13.2. The van der Waals surface area contributed by atoms with Crippen molar-refractivity contribution in [1.29, 1.82) is 0 Å². The molecule has 2 aliphatic heterocycles. The minimum Gasteiger partial charge on any atom is -0.519 e. The molecule has 1 amide bonds. The maximum absolute atomic E-state index is 13.4. The molecule has 1 fully saturated rings. The van der Waals surface area contributed by atoms with Gasteiger partial charge in [-0.2, -0.15) is 0 Å². The third-order valence-electron chi connectivity index (χ3n) is 5.77. The summed E-state index contributed by atoms with van der Waals surface area (Å²) in [6.07, 6.45) is 1.62. The van der Waals surface area contributed by atoms with E-state index in [-0.39, 0.29) is 17.3 Å². The van der Waals surface area contributed by atoms with E-state index in [0.29, 0.717) is 41.6 Å². The number of aliphatic imine (C=N–C) groups is 1. The lowest BCUT2D eigenvalue weighted by atomic mass is 10.0. The fourth-order valence-corrected chi connectivity index (χ4v) is 10.2. The number of nitrogens with zero attached hydrogens (tertiary/aromatic N) is 4. The van der Waals surface area contributed by atoms with Gasteiger partial charge in [0.25, 0.3) is 5.91 Å². The van der Waals surface area contributed by atoms with Gasteiger partial charge in [0.05, 0.1) is 6.04 Å². The van der Waals surface area contributed by atoms with E-state index < -0.39 is 42.9 Å². The van der Waals surface area contributed by atoms with Gasteiger partial charge in [-0.05, 0) is 57.7 Å². The first-order valence-electron chi connectivity index (χ1n) is 13.9. The largest absolute Gasteiger partial charge is 0.519 e. The summed E-state index contributed by atoms with van der Waals surface area (Å²) < 4.78 is 12.4. The third kappa shape index (κ3) is 10.6. The van der Waals surface area contributed by atoms with E-state index in [1.807, 2.05) is 39.3 Å². The SMILES string of the molecule is C[Si](C)(C)NC(CCCC(Cl)=NC1C(=O)N2C(C(=O)O[Si](C)(C)C)=C(CSc3nncs3)CSC12)C(=O)O[Si](C)(C)C. The Hall–Kier alpha value is -1.02. The molecular weight excluding hydrogens is 666 g/mol. The first kappa shape index (κ1) is 35.5. The van der Waals surface area contributed by atoms with Crippen LogP contribution in [0.2, 0.25) is 58.9 Å². The summed E-state index contributed by atoms with van der Waals surface area (Å²) in [7, 11) is -5.97. The number of thioether (sulfide) groups is 2. The monoisotopic (exact) mass is 707 g/mol. The molecule has 0 aliphatic carbocycles. The molecule has 1 aromatic rings. The highest BCUT2D eigenvalue weighted by molar-refractivity contribution is 8.01. The minimum atomic E-state index is -2.20. The smallest absolute Gasteiger partial charge is 0.341 e. The number of aromatic nitrogens is 2. The van der Waals surface area contributed by atoms with Crippen molar-refractivity contribution in [3.8, 4) is 0 Å². The highest BCUT2D eigenvalue weighted by atomic mass is 35.5. The molecule has 0 bridgehead atoms. The van der Waals surface area contributed by atoms with Gasteiger partial charge in [-0.3, -0.25) is 19.5 Å². The number of amides is 1. The number of rotatable bonds is 14. The maximum atomic E-state index is 13.4. The van der Waals surface area contributed by atoms with E-state index >= 15 is 0 Å². The first-order chi connectivity index (χ1) is 19.3. The number of carbonyl (C=O) groups excluding carboxylic acids is 3. The molecule has 17 heteroatoms. The fraction of sp³-hybridized carbons (Fsp3) is 0.680. The molecule has 234 valence electrons. The molecule has 3 rings (SSSR count). The average molecular weight is 709 g/mol. The fourth-order valence-electron chi connectivity index (χ4n) is 4.26. The Morgan fingerprint density at radius 3 is 2.40 bits per heavy atom. The summed E-state index contributed by atoms with van der Waals surface area (Å²) in [5, 5.41) is 7.96. The number of fused-ring (bicyclic) bond motifs is 1. The molecule has 10 nitrogen and oxygen atoms in total. The predicted octanol–water partition coefficient (Wildman–Crippen LogP) is 5.52. The van der Waals surface area contributed by atoms with Crippen molar-refractivity contribution in [2.45, 2.75) is 100.0 Å². The van der Waals surface area contributed by atoms with Crippen molar-refractivity contribution in [3.05, 3.63) is 16.8 Å². The highest BCUT2D eigenvalue weighted by Gasteiger charge is 2.54. The van der Waals surface area contributed by atoms with Crippen molar-refractivity contribution < 1.29 is 23.2 Å². The molecule has 1 N–H and O–H groups in total. The predicted molar refractivity (Wildman–Crippen MR) is 181 cm³/mol. The van der Waals surface area contributed by atoms with E-state index in [4.69, 9.17) is 20.5 Å². The molecule has 0 saturated carbocycles. The Bertz CT molecular complexity index is 1220. The van der Waals surface area contributed by atoms with Crippen LogP contribution in [-0.4, -0.2) is 91.9 Å². The Morgan fingerprint density at radius 1 is 1.17 bits per heavy atom. The van der Waals surface area contributed by atoms with Crippen LogP contribution >= 0.6 is 46.5 Å². The van der Waals surface area contributed by atoms with Crippen LogP contribution in [0.1, 0.15) is 19.3 Å². The summed E-state index contributed by atoms with van der Waals surface area (Å²) in [4.78, 5) is 49.2. The van der Waals surface area contributed by atoms with Crippen LogP contribution in [-0.2, 0) is 23.2 Å². The van der Waals surface area contributed by atoms with E-state index in [9.17, 15) is 14.4 Å². The van der Waals surface area contributed by atoms with Gasteiger partial charge in [0, 0.05) is 17.9 Å². The molecule has 0 radical (unpaired) electrons. The van der Waals surface area contributed by atoms with Gasteiger partial charge in [0.15, 0.2) is 10.4 Å². The van der Waals surface area contributed by atoms with E-state index in [1.54, 1.807) is 17.3 Å². The molecule has 3 atom stereocenters. The third-order valence-corrected chi connectivity index (χ3v) is 12.2. The number of hydrogen-bond acceptors (Lipinski definition) is 12. The lowest BCUT2D eigenvalue weighted by molar-refractivity contribution is -0.147. The van der Waals surface area contributed by atoms with Crippen molar-refractivity contribution in [2.24, 2.45) is 4.99 Å². The van der Waals surface area contributed by atoms with Crippen molar-refractivity contribution in [3.63, 3.8) is 0 Å². The molecule has 1 aromatic heterocycles. The average Bonchev–Trinajstić information content (AvgIpc) is 3.35. The van der Waals surface area contributed by atoms with Crippen molar-refractivity contribution in [1.82, 2.24) is 20.1 Å². The van der Waals surface area contributed by atoms with Gasteiger partial charge in [-0.25, -0.2) is 4.79 Å². The number of halogens is 1. The minimum absolute atomic E-state index is 0.210. The molecule has 0 aromatic carbocycles. The Morgan fingerprint density at radius 2 is 1.83 bits per heavy atom. The van der Waals surface area contributed by atoms with Gasteiger partial charge < -0.3 is 13.8 Å². The van der Waals surface area contributed by atoms with Crippen molar-refractivity contribution in [2.75, 3.05) is 11.5 Å². The summed E-state index contributed by atoms with van der Waals surface area (Å²) in [5.41, 5.74) is 2.83. The van der Waals surface area contributed by atoms with E-state index in [2.05, 4.69) is 39.8 Å². The Kier molecular flexibility index (Phi) is 12.1. The molecule has 3 heterocycles. The van der Waals surface area contributed by atoms with Crippen LogP contribution in [0.5, 0.6) is 0 Å². The standard InChI is InChI=1S/C25H42ClN5O5S3Si3/c1-40(2,3)30-17(23(33)35-41(4,5)6)11-10-12-18(26)28-19-21(32)31-20(24(34)36-42(7,8)9)16(13-37-22(19)31)14-38-25-29-27-15-39-25/h15,17,19,22,30H,10-14H2,1-9H3. The molecular formula is C25H42ClN5O5S3Si3. The van der Waals surface area contributed by atoms with Crippen LogP contribution in [0.4, 0.5) is 0 Å². The van der Waals surface area contributed by atoms with E-state index in [0.717, 1.165) is 9.91 Å². The van der Waals surface area contributed by atoms with Crippen LogP contribution in [0, 0.1) is 0 Å². The molecule has 0 spiro atoms. The summed E-state index contributed by atoms with van der Waals surface area (Å²) in [6.45, 7) is 18.2.